The summed E-state index contributed by atoms with van der Waals surface area (Å²) in [6.45, 7) is 4.64. The molecule has 8 heteroatoms. The highest BCUT2D eigenvalue weighted by atomic mass is 35.5. The minimum Gasteiger partial charge on any atom is -0.444 e. The molecule has 0 aliphatic carbocycles. The van der Waals surface area contributed by atoms with Crippen LogP contribution in [0.5, 0.6) is 0 Å². The van der Waals surface area contributed by atoms with Gasteiger partial charge in [-0.2, -0.15) is 13.2 Å². The van der Waals surface area contributed by atoms with Crippen molar-refractivity contribution in [2.75, 3.05) is 5.73 Å². The van der Waals surface area contributed by atoms with E-state index in [1.54, 1.807) is 26.1 Å². The molecule has 0 unspecified atom stereocenters. The van der Waals surface area contributed by atoms with Gasteiger partial charge in [-0.3, -0.25) is 0 Å². The number of ether oxygens (including phenoxy) is 1. The van der Waals surface area contributed by atoms with Gasteiger partial charge < -0.3 is 15.8 Å². The highest BCUT2D eigenvalue weighted by Gasteiger charge is 2.43. The van der Waals surface area contributed by atoms with Gasteiger partial charge in [0, 0.05) is 16.3 Å². The lowest BCUT2D eigenvalue weighted by Gasteiger charge is -2.26. The standard InChI is InChI=1S/C13H16ClF3N2O2/c1-12(2,3)21-11(20)19-10(13(15,16)17)8-5-4-7(18)6-9(8)14/h4-6,10H,18H2,1-3H3,(H,19,20)/t10-/m1/s1. The number of alkyl carbamates (subject to hydrolysis) is 1. The number of halogens is 4. The first-order valence-electron chi connectivity index (χ1n) is 6.01. The third kappa shape index (κ3) is 5.34. The van der Waals surface area contributed by atoms with E-state index in [4.69, 9.17) is 22.1 Å². The van der Waals surface area contributed by atoms with Crippen molar-refractivity contribution < 1.29 is 22.7 Å². The Kier molecular flexibility index (Phi) is 4.99. The van der Waals surface area contributed by atoms with Gasteiger partial charge in [0.2, 0.25) is 0 Å². The molecule has 0 aliphatic rings. The van der Waals surface area contributed by atoms with Gasteiger partial charge >= 0.3 is 12.3 Å². The number of nitrogens with two attached hydrogens (primary N) is 1. The second kappa shape index (κ2) is 6.01. The van der Waals surface area contributed by atoms with Gasteiger partial charge in [0.25, 0.3) is 0 Å². The molecule has 0 aromatic heterocycles. The quantitative estimate of drug-likeness (QED) is 0.807. The largest absolute Gasteiger partial charge is 0.444 e. The SMILES string of the molecule is CC(C)(C)OC(=O)N[C@H](c1ccc(N)cc1Cl)C(F)(F)F. The minimum atomic E-state index is -4.73. The van der Waals surface area contributed by atoms with Crippen molar-refractivity contribution in [2.45, 2.75) is 38.6 Å². The highest BCUT2D eigenvalue weighted by molar-refractivity contribution is 6.31. The molecule has 0 fully saturated rings. The Morgan fingerprint density at radius 2 is 1.90 bits per heavy atom. The van der Waals surface area contributed by atoms with Crippen LogP contribution in [0.1, 0.15) is 32.4 Å². The van der Waals surface area contributed by atoms with Gasteiger partial charge in [0.1, 0.15) is 5.60 Å². The Hall–Kier alpha value is -1.63. The van der Waals surface area contributed by atoms with E-state index >= 15 is 0 Å². The Morgan fingerprint density at radius 1 is 1.33 bits per heavy atom. The molecular weight excluding hydrogens is 309 g/mol. The van der Waals surface area contributed by atoms with E-state index in [1.807, 2.05) is 0 Å². The molecule has 21 heavy (non-hydrogen) atoms. The van der Waals surface area contributed by atoms with E-state index in [0.29, 0.717) is 0 Å². The molecule has 4 nitrogen and oxygen atoms in total. The Labute approximate surface area is 125 Å². The minimum absolute atomic E-state index is 0.187. The third-order valence-electron chi connectivity index (χ3n) is 2.32. The molecule has 1 amide bonds. The fourth-order valence-corrected chi connectivity index (χ4v) is 1.84. The van der Waals surface area contributed by atoms with Crippen LogP contribution in [0.2, 0.25) is 5.02 Å². The molecule has 0 aliphatic heterocycles. The zero-order chi connectivity index (χ0) is 16.4. The average molecular weight is 325 g/mol. The number of nitrogens with one attached hydrogen (secondary N) is 1. The maximum absolute atomic E-state index is 13.1. The molecule has 0 spiro atoms. The lowest BCUT2D eigenvalue weighted by atomic mass is 10.1. The van der Waals surface area contributed by atoms with Crippen molar-refractivity contribution in [3.05, 3.63) is 28.8 Å². The van der Waals surface area contributed by atoms with E-state index in [1.165, 1.54) is 12.1 Å². The van der Waals surface area contributed by atoms with Crippen molar-refractivity contribution in [3.63, 3.8) is 0 Å². The number of nitrogen functional groups attached to an aromatic ring is 1. The molecule has 0 saturated carbocycles. The van der Waals surface area contributed by atoms with E-state index in [0.717, 1.165) is 6.07 Å². The molecule has 118 valence electrons. The van der Waals surface area contributed by atoms with Crippen LogP contribution < -0.4 is 11.1 Å². The highest BCUT2D eigenvalue weighted by Crippen LogP contribution is 2.37. The molecule has 1 aromatic rings. The number of benzene rings is 1. The third-order valence-corrected chi connectivity index (χ3v) is 2.65. The predicted octanol–water partition coefficient (Wildman–Crippen LogP) is 4.05. The molecule has 3 N–H and O–H groups in total. The van der Waals surface area contributed by atoms with Crippen LogP contribution in [0.4, 0.5) is 23.7 Å². The Morgan fingerprint density at radius 3 is 2.33 bits per heavy atom. The van der Waals surface area contributed by atoms with Crippen molar-refractivity contribution in [1.82, 2.24) is 5.32 Å². The number of carbonyl (C=O) groups excluding carboxylic acids is 1. The Balaban J connectivity index is 3.05. The summed E-state index contributed by atoms with van der Waals surface area (Å²) >= 11 is 5.77. The fourth-order valence-electron chi connectivity index (χ4n) is 1.54. The number of carbonyl (C=O) groups is 1. The predicted molar refractivity (Wildman–Crippen MR) is 74.0 cm³/mol. The lowest BCUT2D eigenvalue weighted by Crippen LogP contribution is -2.41. The first-order chi connectivity index (χ1) is 9.40. The number of alkyl halides is 3. The normalized spacial score (nSPS) is 13.7. The number of anilines is 1. The van der Waals surface area contributed by atoms with Crippen LogP contribution in [0.25, 0.3) is 0 Å². The van der Waals surface area contributed by atoms with E-state index < -0.39 is 23.9 Å². The van der Waals surface area contributed by atoms with Gasteiger partial charge in [-0.25, -0.2) is 4.79 Å². The van der Waals surface area contributed by atoms with Crippen molar-refractivity contribution in [2.24, 2.45) is 0 Å². The zero-order valence-corrected chi connectivity index (χ0v) is 12.5. The summed E-state index contributed by atoms with van der Waals surface area (Å²) in [5.74, 6) is 0. The van der Waals surface area contributed by atoms with E-state index in [9.17, 15) is 18.0 Å². The molecule has 1 rings (SSSR count). The van der Waals surface area contributed by atoms with Crippen molar-refractivity contribution in [3.8, 4) is 0 Å². The topological polar surface area (TPSA) is 64.3 Å². The van der Waals surface area contributed by atoms with Gasteiger partial charge in [0.05, 0.1) is 0 Å². The maximum Gasteiger partial charge on any atom is 0.413 e. The van der Waals surface area contributed by atoms with Crippen LogP contribution in [0.3, 0.4) is 0 Å². The van der Waals surface area contributed by atoms with Crippen LogP contribution in [-0.4, -0.2) is 17.9 Å². The molecule has 1 atom stereocenters. The summed E-state index contributed by atoms with van der Waals surface area (Å²) in [7, 11) is 0. The first-order valence-corrected chi connectivity index (χ1v) is 6.39. The fraction of sp³-hybridized carbons (Fsp3) is 0.462. The van der Waals surface area contributed by atoms with Gasteiger partial charge in [-0.05, 0) is 32.9 Å². The molecule has 0 heterocycles. The summed E-state index contributed by atoms with van der Waals surface area (Å²) in [6, 6.07) is 1.30. The van der Waals surface area contributed by atoms with Crippen LogP contribution in [0, 0.1) is 0 Å². The second-order valence-corrected chi connectivity index (χ2v) is 5.81. The van der Waals surface area contributed by atoms with Crippen molar-refractivity contribution >= 4 is 23.4 Å². The summed E-state index contributed by atoms with van der Waals surface area (Å²) in [5.41, 5.74) is 4.45. The summed E-state index contributed by atoms with van der Waals surface area (Å²) in [5, 5.41) is 1.59. The number of rotatable bonds is 2. The lowest BCUT2D eigenvalue weighted by molar-refractivity contribution is -0.156. The number of hydrogen-bond acceptors (Lipinski definition) is 3. The smallest absolute Gasteiger partial charge is 0.413 e. The van der Waals surface area contributed by atoms with Crippen LogP contribution in [0.15, 0.2) is 18.2 Å². The summed E-state index contributed by atoms with van der Waals surface area (Å²) in [4.78, 5) is 11.6. The summed E-state index contributed by atoms with van der Waals surface area (Å²) in [6.07, 6.45) is -5.91. The molecule has 0 saturated heterocycles. The van der Waals surface area contributed by atoms with Crippen LogP contribution >= 0.6 is 11.6 Å². The maximum atomic E-state index is 13.1. The number of hydrogen-bond donors (Lipinski definition) is 2. The Bertz CT molecular complexity index is 527. The van der Waals surface area contributed by atoms with E-state index in [2.05, 4.69) is 0 Å². The monoisotopic (exact) mass is 324 g/mol. The first kappa shape index (κ1) is 17.4. The zero-order valence-electron chi connectivity index (χ0n) is 11.7. The van der Waals surface area contributed by atoms with Gasteiger partial charge in [-0.15, -0.1) is 0 Å². The molecular formula is C13H16ClF3N2O2. The molecule has 0 radical (unpaired) electrons. The molecule has 0 bridgehead atoms. The van der Waals surface area contributed by atoms with Gasteiger partial charge in [-0.1, -0.05) is 17.7 Å². The summed E-state index contributed by atoms with van der Waals surface area (Å²) < 4.78 is 44.2. The second-order valence-electron chi connectivity index (χ2n) is 5.40. The van der Waals surface area contributed by atoms with E-state index in [-0.39, 0.29) is 16.3 Å². The van der Waals surface area contributed by atoms with Gasteiger partial charge in [0.15, 0.2) is 6.04 Å². The number of amides is 1. The van der Waals surface area contributed by atoms with Crippen molar-refractivity contribution in [1.29, 1.82) is 0 Å². The molecule has 1 aromatic carbocycles. The van der Waals surface area contributed by atoms with Crippen LogP contribution in [-0.2, 0) is 4.74 Å². The average Bonchev–Trinajstić information content (AvgIpc) is 2.22.